The Labute approximate surface area is 137 Å². The Balaban J connectivity index is 1.40. The van der Waals surface area contributed by atoms with Gasteiger partial charge in [-0.15, -0.1) is 0 Å². The molecule has 0 unspecified atom stereocenters. The van der Waals surface area contributed by atoms with Crippen LogP contribution in [0.15, 0.2) is 35.4 Å². The molecule has 2 atom stereocenters. The van der Waals surface area contributed by atoms with Crippen LogP contribution in [-0.4, -0.2) is 57.8 Å². The van der Waals surface area contributed by atoms with Gasteiger partial charge in [-0.1, -0.05) is 0 Å². The third-order valence-electron chi connectivity index (χ3n) is 4.61. The Bertz CT molecular complexity index is 705. The van der Waals surface area contributed by atoms with E-state index in [0.717, 1.165) is 18.7 Å². The summed E-state index contributed by atoms with van der Waals surface area (Å²) >= 11 is 1.54. The van der Waals surface area contributed by atoms with Gasteiger partial charge in [0.15, 0.2) is 0 Å². The molecule has 118 valence electrons. The minimum absolute atomic E-state index is 0.0665. The van der Waals surface area contributed by atoms with Crippen molar-refractivity contribution in [2.45, 2.75) is 0 Å². The molecule has 0 N–H and O–H groups in total. The van der Waals surface area contributed by atoms with Crippen molar-refractivity contribution < 1.29 is 9.59 Å². The van der Waals surface area contributed by atoms with Crippen molar-refractivity contribution in [3.8, 4) is 0 Å². The molecule has 2 fully saturated rings. The molecule has 0 radical (unpaired) electrons. The highest BCUT2D eigenvalue weighted by Crippen LogP contribution is 2.32. The Morgan fingerprint density at radius 2 is 1.74 bits per heavy atom. The number of hydrogen-bond donors (Lipinski definition) is 0. The molecule has 6 nitrogen and oxygen atoms in total. The third-order valence-corrected chi connectivity index (χ3v) is 5.29. The number of likely N-dealkylation sites (tertiary alicyclic amines) is 2. The molecular formula is C16H16N4O2S. The maximum atomic E-state index is 12.4. The Morgan fingerprint density at radius 3 is 2.30 bits per heavy atom. The van der Waals surface area contributed by atoms with E-state index in [1.807, 2.05) is 26.6 Å². The van der Waals surface area contributed by atoms with Crippen LogP contribution in [0.25, 0.3) is 0 Å². The van der Waals surface area contributed by atoms with Gasteiger partial charge in [0.1, 0.15) is 5.69 Å². The standard InChI is InChI=1S/C16H16N4O2S/c21-15(11-1-4-23-10-11)19-6-12-8-20(9-13(12)7-19)16(22)14-5-17-2-3-18-14/h1-5,10,12-13H,6-9H2/t12-,13+. The van der Waals surface area contributed by atoms with E-state index in [4.69, 9.17) is 0 Å². The molecule has 2 aromatic heterocycles. The first-order chi connectivity index (χ1) is 11.2. The van der Waals surface area contributed by atoms with Crippen molar-refractivity contribution >= 4 is 23.2 Å². The summed E-state index contributed by atoms with van der Waals surface area (Å²) in [6.07, 6.45) is 4.59. The average Bonchev–Trinajstić information content (AvgIpc) is 3.29. The molecule has 2 aliphatic heterocycles. The molecule has 7 heteroatoms. The van der Waals surface area contributed by atoms with Crippen LogP contribution in [0.4, 0.5) is 0 Å². The van der Waals surface area contributed by atoms with Gasteiger partial charge in [0.05, 0.1) is 11.8 Å². The van der Waals surface area contributed by atoms with E-state index in [9.17, 15) is 9.59 Å². The monoisotopic (exact) mass is 328 g/mol. The number of rotatable bonds is 2. The van der Waals surface area contributed by atoms with E-state index in [2.05, 4.69) is 9.97 Å². The zero-order valence-corrected chi connectivity index (χ0v) is 13.3. The van der Waals surface area contributed by atoms with Crippen molar-refractivity contribution in [2.75, 3.05) is 26.2 Å². The van der Waals surface area contributed by atoms with Crippen LogP contribution in [0.2, 0.25) is 0 Å². The summed E-state index contributed by atoms with van der Waals surface area (Å²) in [5.41, 5.74) is 1.15. The maximum absolute atomic E-state index is 12.4. The topological polar surface area (TPSA) is 66.4 Å². The highest BCUT2D eigenvalue weighted by atomic mass is 32.1. The van der Waals surface area contributed by atoms with Gasteiger partial charge < -0.3 is 9.80 Å². The van der Waals surface area contributed by atoms with Crippen molar-refractivity contribution in [2.24, 2.45) is 11.8 Å². The first-order valence-electron chi connectivity index (χ1n) is 7.59. The Morgan fingerprint density at radius 1 is 1.04 bits per heavy atom. The highest BCUT2D eigenvalue weighted by Gasteiger charge is 2.43. The van der Waals surface area contributed by atoms with E-state index < -0.39 is 0 Å². The molecule has 0 saturated carbocycles. The van der Waals surface area contributed by atoms with Gasteiger partial charge in [-0.3, -0.25) is 14.6 Å². The fourth-order valence-corrected chi connectivity index (χ4v) is 4.09. The minimum atomic E-state index is -0.0665. The molecule has 2 saturated heterocycles. The highest BCUT2D eigenvalue weighted by molar-refractivity contribution is 7.08. The van der Waals surface area contributed by atoms with Crippen LogP contribution in [0.3, 0.4) is 0 Å². The molecule has 0 spiro atoms. The lowest BCUT2D eigenvalue weighted by Crippen LogP contribution is -2.35. The van der Waals surface area contributed by atoms with Crippen molar-refractivity contribution in [1.82, 2.24) is 19.8 Å². The zero-order chi connectivity index (χ0) is 15.8. The van der Waals surface area contributed by atoms with Crippen LogP contribution in [0, 0.1) is 11.8 Å². The van der Waals surface area contributed by atoms with Gasteiger partial charge in [-0.2, -0.15) is 11.3 Å². The lowest BCUT2D eigenvalue weighted by Gasteiger charge is -2.21. The zero-order valence-electron chi connectivity index (χ0n) is 12.5. The molecule has 2 amide bonds. The summed E-state index contributed by atoms with van der Waals surface area (Å²) in [5, 5.41) is 3.81. The fourth-order valence-electron chi connectivity index (χ4n) is 3.47. The van der Waals surface area contributed by atoms with Gasteiger partial charge >= 0.3 is 0 Å². The molecule has 0 bridgehead atoms. The van der Waals surface area contributed by atoms with Crippen molar-refractivity contribution in [3.05, 3.63) is 46.7 Å². The number of carbonyl (C=O) groups is 2. The Hall–Kier alpha value is -2.28. The van der Waals surface area contributed by atoms with E-state index in [0.29, 0.717) is 30.6 Å². The SMILES string of the molecule is O=C(c1ccsc1)N1C[C@@H]2CN(C(=O)c3cnccn3)C[C@@H]2C1. The van der Waals surface area contributed by atoms with E-state index >= 15 is 0 Å². The number of fused-ring (bicyclic) bond motifs is 1. The predicted molar refractivity (Wildman–Crippen MR) is 85.1 cm³/mol. The first kappa shape index (κ1) is 14.3. The molecule has 4 heterocycles. The second kappa shape index (κ2) is 5.73. The number of aromatic nitrogens is 2. The summed E-state index contributed by atoms with van der Waals surface area (Å²) in [4.78, 5) is 36.6. The van der Waals surface area contributed by atoms with E-state index in [-0.39, 0.29) is 11.8 Å². The van der Waals surface area contributed by atoms with Crippen LogP contribution < -0.4 is 0 Å². The van der Waals surface area contributed by atoms with Crippen LogP contribution in [-0.2, 0) is 0 Å². The van der Waals surface area contributed by atoms with Gasteiger partial charge in [-0.25, -0.2) is 4.98 Å². The largest absolute Gasteiger partial charge is 0.338 e. The molecule has 0 aromatic carbocycles. The molecule has 23 heavy (non-hydrogen) atoms. The second-order valence-electron chi connectivity index (χ2n) is 6.04. The summed E-state index contributed by atoms with van der Waals surface area (Å²) in [6.45, 7) is 2.83. The Kier molecular flexibility index (Phi) is 3.57. The molecule has 2 aromatic rings. The summed E-state index contributed by atoms with van der Waals surface area (Å²) in [6, 6.07) is 1.87. The number of amides is 2. The van der Waals surface area contributed by atoms with Gasteiger partial charge in [-0.05, 0) is 11.4 Å². The van der Waals surface area contributed by atoms with Gasteiger partial charge in [0.2, 0.25) is 0 Å². The average molecular weight is 328 g/mol. The van der Waals surface area contributed by atoms with Gasteiger partial charge in [0.25, 0.3) is 11.8 Å². The predicted octanol–water partition coefficient (Wildman–Crippen LogP) is 1.38. The number of thiophene rings is 1. The van der Waals surface area contributed by atoms with Crippen LogP contribution >= 0.6 is 11.3 Å². The molecule has 0 aliphatic carbocycles. The number of carbonyl (C=O) groups excluding carboxylic acids is 2. The number of nitrogens with zero attached hydrogens (tertiary/aromatic N) is 4. The summed E-state index contributed by atoms with van der Waals surface area (Å²) < 4.78 is 0. The maximum Gasteiger partial charge on any atom is 0.274 e. The molecule has 2 aliphatic rings. The quantitative estimate of drug-likeness (QED) is 0.835. The van der Waals surface area contributed by atoms with Crippen LogP contribution in [0.5, 0.6) is 0 Å². The van der Waals surface area contributed by atoms with E-state index in [1.165, 1.54) is 23.7 Å². The lowest BCUT2D eigenvalue weighted by molar-refractivity contribution is 0.0735. The molecular weight excluding hydrogens is 312 g/mol. The normalized spacial score (nSPS) is 23.1. The van der Waals surface area contributed by atoms with Gasteiger partial charge in [0, 0.05) is 55.8 Å². The number of hydrogen-bond acceptors (Lipinski definition) is 5. The fraction of sp³-hybridized carbons (Fsp3) is 0.375. The first-order valence-corrected chi connectivity index (χ1v) is 8.53. The van der Waals surface area contributed by atoms with Crippen LogP contribution in [0.1, 0.15) is 20.8 Å². The van der Waals surface area contributed by atoms with Crippen molar-refractivity contribution in [3.63, 3.8) is 0 Å². The third kappa shape index (κ3) is 2.61. The summed E-state index contributed by atoms with van der Waals surface area (Å²) in [7, 11) is 0. The van der Waals surface area contributed by atoms with Crippen molar-refractivity contribution in [1.29, 1.82) is 0 Å². The second-order valence-corrected chi connectivity index (χ2v) is 6.82. The van der Waals surface area contributed by atoms with E-state index in [1.54, 1.807) is 6.20 Å². The lowest BCUT2D eigenvalue weighted by atomic mass is 10.0. The minimum Gasteiger partial charge on any atom is -0.338 e. The molecule has 4 rings (SSSR count). The summed E-state index contributed by atoms with van der Waals surface area (Å²) in [5.74, 6) is 0.757. The smallest absolute Gasteiger partial charge is 0.274 e.